The standard InChI is InChI=1S/C21H24N2O4S/c1-26-16-7-6-14(10-17(16)27-2)19-22-15(13-28-19)12-23-18(24)11-21(20(23)25)8-4-3-5-9-21/h6-7,10,13H,3-5,8-9,11-12H2,1-2H3. The molecule has 0 N–H and O–H groups in total. The van der Waals surface area contributed by atoms with Gasteiger partial charge in [0.05, 0.1) is 31.9 Å². The number of rotatable bonds is 5. The number of amides is 2. The van der Waals surface area contributed by atoms with Crippen molar-refractivity contribution < 1.29 is 19.1 Å². The first kappa shape index (κ1) is 18.9. The highest BCUT2D eigenvalue weighted by molar-refractivity contribution is 7.13. The van der Waals surface area contributed by atoms with E-state index in [4.69, 9.17) is 9.47 Å². The lowest BCUT2D eigenvalue weighted by Crippen LogP contribution is -2.36. The number of thiazole rings is 1. The van der Waals surface area contributed by atoms with Crippen LogP contribution in [0.3, 0.4) is 0 Å². The van der Waals surface area contributed by atoms with Crippen LogP contribution in [0.25, 0.3) is 10.6 Å². The van der Waals surface area contributed by atoms with Crippen LogP contribution < -0.4 is 9.47 Å². The largest absolute Gasteiger partial charge is 0.493 e. The second-order valence-electron chi connectivity index (χ2n) is 7.52. The molecule has 1 saturated carbocycles. The van der Waals surface area contributed by atoms with Crippen molar-refractivity contribution in [1.82, 2.24) is 9.88 Å². The molecule has 0 atom stereocenters. The van der Waals surface area contributed by atoms with Crippen LogP contribution in [0.1, 0.15) is 44.2 Å². The molecule has 2 amide bonds. The minimum absolute atomic E-state index is 0.00198. The molecule has 2 aliphatic rings. The molecule has 7 heteroatoms. The molecule has 1 aliphatic heterocycles. The van der Waals surface area contributed by atoms with Crippen molar-refractivity contribution >= 4 is 23.2 Å². The van der Waals surface area contributed by atoms with Crippen molar-refractivity contribution in [3.05, 3.63) is 29.3 Å². The molecular formula is C21H24N2O4S. The first-order valence-electron chi connectivity index (χ1n) is 9.58. The highest BCUT2D eigenvalue weighted by atomic mass is 32.1. The Morgan fingerprint density at radius 2 is 1.86 bits per heavy atom. The number of aromatic nitrogens is 1. The molecule has 0 bridgehead atoms. The maximum Gasteiger partial charge on any atom is 0.236 e. The average molecular weight is 401 g/mol. The van der Waals surface area contributed by atoms with Crippen molar-refractivity contribution in [2.75, 3.05) is 14.2 Å². The number of hydrogen-bond acceptors (Lipinski definition) is 6. The van der Waals surface area contributed by atoms with Gasteiger partial charge in [0, 0.05) is 17.4 Å². The molecule has 2 fully saturated rings. The first-order chi connectivity index (χ1) is 13.6. The maximum atomic E-state index is 13.0. The Kier molecular flexibility index (Phi) is 5.10. The van der Waals surface area contributed by atoms with Gasteiger partial charge in [-0.25, -0.2) is 4.98 Å². The lowest BCUT2D eigenvalue weighted by Gasteiger charge is -2.30. The van der Waals surface area contributed by atoms with E-state index in [9.17, 15) is 9.59 Å². The van der Waals surface area contributed by atoms with Gasteiger partial charge in [-0.1, -0.05) is 19.3 Å². The number of hydrogen-bond donors (Lipinski definition) is 0. The van der Waals surface area contributed by atoms with E-state index >= 15 is 0 Å². The van der Waals surface area contributed by atoms with Crippen LogP contribution in [0.5, 0.6) is 11.5 Å². The molecule has 2 aromatic rings. The second-order valence-corrected chi connectivity index (χ2v) is 8.37. The topological polar surface area (TPSA) is 68.7 Å². The van der Waals surface area contributed by atoms with Crippen LogP contribution in [-0.4, -0.2) is 35.9 Å². The molecule has 0 unspecified atom stereocenters. The summed E-state index contributed by atoms with van der Waals surface area (Å²) in [7, 11) is 3.20. The number of imide groups is 1. The predicted octanol–water partition coefficient (Wildman–Crippen LogP) is 4.04. The molecule has 1 aromatic heterocycles. The monoisotopic (exact) mass is 400 g/mol. The summed E-state index contributed by atoms with van der Waals surface area (Å²) in [6.45, 7) is 0.253. The smallest absolute Gasteiger partial charge is 0.236 e. The molecule has 1 aromatic carbocycles. The van der Waals surface area contributed by atoms with Gasteiger partial charge < -0.3 is 9.47 Å². The minimum atomic E-state index is -0.447. The van der Waals surface area contributed by atoms with Gasteiger partial charge in [-0.15, -0.1) is 11.3 Å². The molecular weight excluding hydrogens is 376 g/mol. The van der Waals surface area contributed by atoms with Crippen LogP contribution in [-0.2, 0) is 16.1 Å². The van der Waals surface area contributed by atoms with E-state index in [0.717, 1.165) is 48.4 Å². The summed E-state index contributed by atoms with van der Waals surface area (Å²) in [6, 6.07) is 5.65. The van der Waals surface area contributed by atoms with Crippen molar-refractivity contribution in [1.29, 1.82) is 0 Å². The van der Waals surface area contributed by atoms with Gasteiger partial charge in [-0.3, -0.25) is 14.5 Å². The summed E-state index contributed by atoms with van der Waals surface area (Å²) >= 11 is 1.49. The zero-order chi connectivity index (χ0) is 19.7. The van der Waals surface area contributed by atoms with Crippen LogP contribution >= 0.6 is 11.3 Å². The third-order valence-electron chi connectivity index (χ3n) is 5.80. The van der Waals surface area contributed by atoms with Gasteiger partial charge in [-0.05, 0) is 31.0 Å². The lowest BCUT2D eigenvalue weighted by atomic mass is 9.73. The predicted molar refractivity (Wildman–Crippen MR) is 106 cm³/mol. The summed E-state index contributed by atoms with van der Waals surface area (Å²) in [5.74, 6) is 1.24. The van der Waals surface area contributed by atoms with Crippen molar-refractivity contribution in [3.63, 3.8) is 0 Å². The van der Waals surface area contributed by atoms with Crippen molar-refractivity contribution in [3.8, 4) is 22.1 Å². The summed E-state index contributed by atoms with van der Waals surface area (Å²) in [6.07, 6.45) is 5.26. The molecule has 0 radical (unpaired) electrons. The fraction of sp³-hybridized carbons (Fsp3) is 0.476. The van der Waals surface area contributed by atoms with E-state index < -0.39 is 5.41 Å². The van der Waals surface area contributed by atoms with Gasteiger partial charge in [0.25, 0.3) is 0 Å². The Balaban J connectivity index is 1.52. The number of carbonyl (C=O) groups is 2. The molecule has 4 rings (SSSR count). The van der Waals surface area contributed by atoms with Gasteiger partial charge in [0.2, 0.25) is 11.8 Å². The van der Waals surface area contributed by atoms with Crippen LogP contribution in [0.2, 0.25) is 0 Å². The maximum absolute atomic E-state index is 13.0. The minimum Gasteiger partial charge on any atom is -0.493 e. The van der Waals surface area contributed by atoms with Gasteiger partial charge in [0.15, 0.2) is 11.5 Å². The highest BCUT2D eigenvalue weighted by Crippen LogP contribution is 2.45. The fourth-order valence-corrected chi connectivity index (χ4v) is 5.09. The number of carbonyl (C=O) groups excluding carboxylic acids is 2. The molecule has 1 spiro atoms. The molecule has 28 heavy (non-hydrogen) atoms. The molecule has 2 heterocycles. The first-order valence-corrected chi connectivity index (χ1v) is 10.5. The Morgan fingerprint density at radius 3 is 2.57 bits per heavy atom. The molecule has 1 saturated heterocycles. The Hall–Kier alpha value is -2.41. The zero-order valence-corrected chi connectivity index (χ0v) is 17.0. The second kappa shape index (κ2) is 7.54. The quantitative estimate of drug-likeness (QED) is 0.709. The SMILES string of the molecule is COc1ccc(-c2nc(CN3C(=O)CC4(CCCCC4)C3=O)cs2)cc1OC. The van der Waals surface area contributed by atoms with Gasteiger partial charge in [-0.2, -0.15) is 0 Å². The van der Waals surface area contributed by atoms with Crippen molar-refractivity contribution in [2.24, 2.45) is 5.41 Å². The number of benzene rings is 1. The molecule has 6 nitrogen and oxygen atoms in total. The van der Waals surface area contributed by atoms with E-state index in [1.165, 1.54) is 16.2 Å². The third-order valence-corrected chi connectivity index (χ3v) is 6.74. The number of nitrogens with zero attached hydrogens (tertiary/aromatic N) is 2. The number of methoxy groups -OCH3 is 2. The molecule has 1 aliphatic carbocycles. The summed E-state index contributed by atoms with van der Waals surface area (Å²) in [4.78, 5) is 31.6. The Morgan fingerprint density at radius 1 is 1.11 bits per heavy atom. The van der Waals surface area contributed by atoms with Crippen LogP contribution in [0.15, 0.2) is 23.6 Å². The fourth-order valence-electron chi connectivity index (χ4n) is 4.28. The van der Waals surface area contributed by atoms with E-state index in [1.54, 1.807) is 14.2 Å². The highest BCUT2D eigenvalue weighted by Gasteiger charge is 2.51. The Bertz CT molecular complexity index is 902. The Labute approximate surface area is 168 Å². The number of ether oxygens (including phenoxy) is 2. The van der Waals surface area contributed by atoms with E-state index in [2.05, 4.69) is 4.98 Å². The normalized spacial score (nSPS) is 18.7. The van der Waals surface area contributed by atoms with E-state index in [0.29, 0.717) is 17.9 Å². The average Bonchev–Trinajstić information content (AvgIpc) is 3.27. The van der Waals surface area contributed by atoms with Crippen LogP contribution in [0.4, 0.5) is 0 Å². The third kappa shape index (κ3) is 3.28. The summed E-state index contributed by atoms with van der Waals surface area (Å²) < 4.78 is 10.6. The zero-order valence-electron chi connectivity index (χ0n) is 16.2. The van der Waals surface area contributed by atoms with Crippen molar-refractivity contribution in [2.45, 2.75) is 45.1 Å². The molecule has 148 valence electrons. The number of likely N-dealkylation sites (tertiary alicyclic amines) is 1. The van der Waals surface area contributed by atoms with Gasteiger partial charge >= 0.3 is 0 Å². The van der Waals surface area contributed by atoms with Gasteiger partial charge in [0.1, 0.15) is 5.01 Å². The lowest BCUT2D eigenvalue weighted by molar-refractivity contribution is -0.143. The summed E-state index contributed by atoms with van der Waals surface area (Å²) in [5, 5.41) is 2.74. The van der Waals surface area contributed by atoms with E-state index in [-0.39, 0.29) is 18.4 Å². The van der Waals surface area contributed by atoms with Crippen LogP contribution in [0, 0.1) is 5.41 Å². The summed E-state index contributed by atoms with van der Waals surface area (Å²) in [5.41, 5.74) is 1.21. The van der Waals surface area contributed by atoms with E-state index in [1.807, 2.05) is 23.6 Å².